The van der Waals surface area contributed by atoms with Crippen LogP contribution in [0.25, 0.3) is 6.08 Å². The molecule has 0 unspecified atom stereocenters. The number of allylic oxidation sites excluding steroid dienone is 1. The molecule has 1 aromatic heterocycles. The third-order valence-electron chi connectivity index (χ3n) is 3.93. The lowest BCUT2D eigenvalue weighted by Crippen LogP contribution is -2.20. The fourth-order valence-electron chi connectivity index (χ4n) is 2.60. The molecule has 1 heterocycles. The number of H-pyrrole nitrogens is 1. The second-order valence-corrected chi connectivity index (χ2v) is 6.15. The van der Waals surface area contributed by atoms with Crippen LogP contribution in [0.3, 0.4) is 0 Å². The number of nitrogens with two attached hydrogens (primary N) is 2. The third kappa shape index (κ3) is 5.53. The molecule has 0 amide bonds. The predicted octanol–water partition coefficient (Wildman–Crippen LogP) is 1.78. The molecule has 8 nitrogen and oxygen atoms in total. The molecular weight excluding hydrogens is 346 g/mol. The maximum Gasteiger partial charge on any atom is 0.257 e. The van der Waals surface area contributed by atoms with Gasteiger partial charge in [0.05, 0.1) is 5.56 Å². The van der Waals surface area contributed by atoms with E-state index in [0.717, 1.165) is 5.69 Å². The Labute approximate surface area is 156 Å². The number of Topliss-reactive ketones (excluding diaryl/α,β-unsaturated/α-hetero) is 1. The molecule has 0 atom stereocenters. The molecule has 142 valence electrons. The number of nitrogens with zero attached hydrogens (tertiary/aromatic N) is 1. The number of carbonyl (C=O) groups is 2. The molecule has 1 aromatic carbocycles. The van der Waals surface area contributed by atoms with E-state index in [1.54, 1.807) is 18.2 Å². The van der Waals surface area contributed by atoms with Crippen molar-refractivity contribution < 1.29 is 9.59 Å². The van der Waals surface area contributed by atoms with Crippen molar-refractivity contribution in [1.29, 1.82) is 0 Å². The van der Waals surface area contributed by atoms with Crippen molar-refractivity contribution in [3.05, 3.63) is 51.3 Å². The second kappa shape index (κ2) is 8.79. The number of hydrogen-bond donors (Lipinski definition) is 4. The maximum atomic E-state index is 11.9. The molecule has 0 saturated carbocycles. The molecule has 6 N–H and O–H groups in total. The van der Waals surface area contributed by atoms with Gasteiger partial charge in [-0.2, -0.15) is 4.98 Å². The van der Waals surface area contributed by atoms with Gasteiger partial charge in [0.15, 0.2) is 11.6 Å². The number of ketones is 2. The van der Waals surface area contributed by atoms with E-state index in [2.05, 4.69) is 15.3 Å². The summed E-state index contributed by atoms with van der Waals surface area (Å²) in [6, 6.07) is 5.36. The highest BCUT2D eigenvalue weighted by atomic mass is 16.1. The summed E-state index contributed by atoms with van der Waals surface area (Å²) in [7, 11) is 0. The lowest BCUT2D eigenvalue weighted by atomic mass is 10.0. The molecule has 0 aliphatic rings. The lowest BCUT2D eigenvalue weighted by molar-refractivity contribution is -0.112. The van der Waals surface area contributed by atoms with E-state index in [1.807, 2.05) is 6.07 Å². The first-order valence-electron chi connectivity index (χ1n) is 8.49. The fraction of sp³-hybridized carbons (Fsp3) is 0.263. The minimum Gasteiger partial charge on any atom is -0.385 e. The van der Waals surface area contributed by atoms with Gasteiger partial charge in [-0.3, -0.25) is 19.4 Å². The first-order chi connectivity index (χ1) is 12.8. The highest BCUT2D eigenvalue weighted by Crippen LogP contribution is 2.18. The lowest BCUT2D eigenvalue weighted by Gasteiger charge is -2.10. The normalized spacial score (nSPS) is 10.9. The number of anilines is 3. The van der Waals surface area contributed by atoms with Crippen molar-refractivity contribution in [3.63, 3.8) is 0 Å². The number of rotatable bonds is 8. The number of nitrogen functional groups attached to an aromatic ring is 2. The molecule has 27 heavy (non-hydrogen) atoms. The van der Waals surface area contributed by atoms with Gasteiger partial charge in [0.25, 0.3) is 5.56 Å². The molecule has 0 aliphatic heterocycles. The van der Waals surface area contributed by atoms with Crippen LogP contribution in [0.2, 0.25) is 0 Å². The number of nitrogens with one attached hydrogen (secondary N) is 2. The van der Waals surface area contributed by atoms with Gasteiger partial charge in [0.1, 0.15) is 5.82 Å². The zero-order valence-electron chi connectivity index (χ0n) is 15.3. The summed E-state index contributed by atoms with van der Waals surface area (Å²) in [5.41, 5.74) is 13.2. The fourth-order valence-corrected chi connectivity index (χ4v) is 2.60. The minimum atomic E-state index is -0.333. The van der Waals surface area contributed by atoms with Crippen LogP contribution < -0.4 is 22.3 Å². The van der Waals surface area contributed by atoms with Gasteiger partial charge in [-0.05, 0) is 50.5 Å². The van der Waals surface area contributed by atoms with Crippen LogP contribution in [0, 0.1) is 0 Å². The molecule has 0 fully saturated rings. The topological polar surface area (TPSA) is 144 Å². The van der Waals surface area contributed by atoms with E-state index in [4.69, 9.17) is 11.5 Å². The van der Waals surface area contributed by atoms with Crippen molar-refractivity contribution >= 4 is 35.1 Å². The highest BCUT2D eigenvalue weighted by molar-refractivity contribution is 6.00. The number of hydrogen-bond acceptors (Lipinski definition) is 7. The Bertz CT molecular complexity index is 947. The Hall–Kier alpha value is -3.42. The maximum absolute atomic E-state index is 11.9. The van der Waals surface area contributed by atoms with Crippen LogP contribution in [0.4, 0.5) is 17.5 Å². The van der Waals surface area contributed by atoms with Gasteiger partial charge in [0.2, 0.25) is 5.95 Å². The first kappa shape index (κ1) is 19.9. The summed E-state index contributed by atoms with van der Waals surface area (Å²) >= 11 is 0. The number of benzene rings is 1. The Balaban J connectivity index is 2.02. The zero-order valence-corrected chi connectivity index (χ0v) is 15.3. The van der Waals surface area contributed by atoms with Crippen molar-refractivity contribution in [2.75, 3.05) is 23.3 Å². The van der Waals surface area contributed by atoms with Gasteiger partial charge < -0.3 is 16.8 Å². The average molecular weight is 369 g/mol. The Morgan fingerprint density at radius 3 is 2.63 bits per heavy atom. The number of carbonyl (C=O) groups excluding carboxylic acids is 2. The quantitative estimate of drug-likeness (QED) is 0.315. The molecular formula is C19H23N5O3. The zero-order chi connectivity index (χ0) is 20.0. The predicted molar refractivity (Wildman–Crippen MR) is 107 cm³/mol. The Kier molecular flexibility index (Phi) is 6.48. The summed E-state index contributed by atoms with van der Waals surface area (Å²) in [5.74, 6) is -0.0426. The SMILES string of the molecule is CC(=O)/C=C/c1ccc(NCCCc2c(N)nc(N)[nH]c2=O)cc1C(C)=O. The molecule has 2 aromatic rings. The molecule has 2 rings (SSSR count). The van der Waals surface area contributed by atoms with Crippen molar-refractivity contribution in [2.45, 2.75) is 26.7 Å². The van der Waals surface area contributed by atoms with Gasteiger partial charge in [-0.1, -0.05) is 12.1 Å². The van der Waals surface area contributed by atoms with Crippen molar-refractivity contribution in [2.24, 2.45) is 0 Å². The van der Waals surface area contributed by atoms with Crippen molar-refractivity contribution in [1.82, 2.24) is 9.97 Å². The van der Waals surface area contributed by atoms with E-state index in [1.165, 1.54) is 19.9 Å². The first-order valence-corrected chi connectivity index (χ1v) is 8.49. The van der Waals surface area contributed by atoms with Crippen molar-refractivity contribution in [3.8, 4) is 0 Å². The molecule has 0 radical (unpaired) electrons. The summed E-state index contributed by atoms with van der Waals surface area (Å²) in [6.07, 6.45) is 4.14. The standard InChI is InChI=1S/C19H23N5O3/c1-11(25)5-6-13-7-8-14(10-16(13)12(2)26)22-9-3-4-15-17(20)23-19(21)24-18(15)27/h5-8,10,22H,3-4,9H2,1-2H3,(H5,20,21,23,24,27)/b6-5+. The second-order valence-electron chi connectivity index (χ2n) is 6.15. The average Bonchev–Trinajstić information content (AvgIpc) is 2.58. The van der Waals surface area contributed by atoms with Crippen LogP contribution in [0.15, 0.2) is 29.1 Å². The van der Waals surface area contributed by atoms with E-state index in [-0.39, 0.29) is 28.9 Å². The van der Waals surface area contributed by atoms with Crippen LogP contribution in [0.5, 0.6) is 0 Å². The number of aromatic amines is 1. The monoisotopic (exact) mass is 369 g/mol. The minimum absolute atomic E-state index is 0.00458. The van der Waals surface area contributed by atoms with E-state index in [9.17, 15) is 14.4 Å². The molecule has 0 spiro atoms. The van der Waals surface area contributed by atoms with Crippen LogP contribution >= 0.6 is 0 Å². The summed E-state index contributed by atoms with van der Waals surface area (Å²) in [4.78, 5) is 41.1. The highest BCUT2D eigenvalue weighted by Gasteiger charge is 2.09. The summed E-state index contributed by atoms with van der Waals surface area (Å²) < 4.78 is 0. The van der Waals surface area contributed by atoms with Crippen LogP contribution in [-0.4, -0.2) is 28.1 Å². The molecule has 0 saturated heterocycles. The van der Waals surface area contributed by atoms with E-state index >= 15 is 0 Å². The summed E-state index contributed by atoms with van der Waals surface area (Å²) in [5, 5.41) is 3.21. The van der Waals surface area contributed by atoms with Gasteiger partial charge in [-0.15, -0.1) is 0 Å². The van der Waals surface area contributed by atoms with E-state index < -0.39 is 0 Å². The molecule has 8 heteroatoms. The van der Waals surface area contributed by atoms with Gasteiger partial charge in [0, 0.05) is 17.8 Å². The van der Waals surface area contributed by atoms with Crippen LogP contribution in [-0.2, 0) is 11.2 Å². The molecule has 0 aliphatic carbocycles. The Morgan fingerprint density at radius 2 is 2.00 bits per heavy atom. The van der Waals surface area contributed by atoms with Gasteiger partial charge in [-0.25, -0.2) is 0 Å². The van der Waals surface area contributed by atoms with Gasteiger partial charge >= 0.3 is 0 Å². The number of aromatic nitrogens is 2. The van der Waals surface area contributed by atoms with Crippen LogP contribution in [0.1, 0.15) is 41.8 Å². The largest absolute Gasteiger partial charge is 0.385 e. The van der Waals surface area contributed by atoms with E-state index in [0.29, 0.717) is 36.1 Å². The Morgan fingerprint density at radius 1 is 1.26 bits per heavy atom. The molecule has 0 bridgehead atoms. The smallest absolute Gasteiger partial charge is 0.257 e. The summed E-state index contributed by atoms with van der Waals surface area (Å²) in [6.45, 7) is 3.50. The third-order valence-corrected chi connectivity index (χ3v) is 3.93.